The molecule has 0 amide bonds. The summed E-state index contributed by atoms with van der Waals surface area (Å²) in [5, 5.41) is 10.5. The zero-order chi connectivity index (χ0) is 35.3. The largest absolute Gasteiger partial charge is 0.0622 e. The Labute approximate surface area is 310 Å². The van der Waals surface area contributed by atoms with Crippen LogP contribution in [0.5, 0.6) is 0 Å². The highest BCUT2D eigenvalue weighted by Crippen LogP contribution is 2.52. The van der Waals surface area contributed by atoms with Gasteiger partial charge >= 0.3 is 0 Å². The molecule has 0 saturated carbocycles. The van der Waals surface area contributed by atoms with Gasteiger partial charge in [0.1, 0.15) is 0 Å². The first kappa shape index (κ1) is 30.2. The predicted octanol–water partition coefficient (Wildman–Crippen LogP) is 14.7. The van der Waals surface area contributed by atoms with Crippen molar-refractivity contribution in [3.63, 3.8) is 0 Å². The minimum absolute atomic E-state index is 0.0869. The van der Waals surface area contributed by atoms with Gasteiger partial charge in [-0.2, -0.15) is 0 Å². The van der Waals surface area contributed by atoms with E-state index in [1.807, 2.05) is 0 Å². The van der Waals surface area contributed by atoms with Gasteiger partial charge in [0.2, 0.25) is 0 Å². The Hall–Kier alpha value is -6.50. The first-order valence-corrected chi connectivity index (χ1v) is 18.7. The number of hydrogen-bond acceptors (Lipinski definition) is 0. The van der Waals surface area contributed by atoms with Gasteiger partial charge in [-0.1, -0.05) is 184 Å². The van der Waals surface area contributed by atoms with Crippen molar-refractivity contribution >= 4 is 43.1 Å². The summed E-state index contributed by atoms with van der Waals surface area (Å²) in [5.41, 5.74) is 15.5. The molecule has 0 unspecified atom stereocenters. The molecular weight excluding hydrogens is 637 g/mol. The highest BCUT2D eigenvalue weighted by Gasteiger charge is 2.36. The lowest BCUT2D eigenvalue weighted by Gasteiger charge is -2.22. The molecular formula is C53H36. The average Bonchev–Trinajstić information content (AvgIpc) is 3.45. The summed E-state index contributed by atoms with van der Waals surface area (Å²) in [5.74, 6) is 0. The first-order chi connectivity index (χ1) is 26.0. The first-order valence-electron chi connectivity index (χ1n) is 18.7. The summed E-state index contributed by atoms with van der Waals surface area (Å²) in [7, 11) is 0. The van der Waals surface area contributed by atoms with Crippen molar-refractivity contribution < 1.29 is 0 Å². The maximum Gasteiger partial charge on any atom is 0.0159 e. The number of rotatable bonds is 4. The summed E-state index contributed by atoms with van der Waals surface area (Å²) < 4.78 is 0. The van der Waals surface area contributed by atoms with Gasteiger partial charge in [-0.3, -0.25) is 0 Å². The van der Waals surface area contributed by atoms with Crippen molar-refractivity contribution in [1.82, 2.24) is 0 Å². The maximum absolute atomic E-state index is 2.46. The van der Waals surface area contributed by atoms with Crippen LogP contribution in [0.25, 0.3) is 98.7 Å². The minimum Gasteiger partial charge on any atom is -0.0622 e. The second kappa shape index (κ2) is 11.2. The molecule has 10 aromatic carbocycles. The second-order valence-electron chi connectivity index (χ2n) is 15.2. The van der Waals surface area contributed by atoms with Gasteiger partial charge in [0.25, 0.3) is 0 Å². The number of hydrogen-bond donors (Lipinski definition) is 0. The van der Waals surface area contributed by atoms with Gasteiger partial charge in [0, 0.05) is 5.41 Å². The third-order valence-corrected chi connectivity index (χ3v) is 12.0. The molecule has 0 aliphatic heterocycles. The van der Waals surface area contributed by atoms with E-state index in [0.717, 1.165) is 0 Å². The fourth-order valence-electron chi connectivity index (χ4n) is 9.44. The fraction of sp³-hybridized carbons (Fsp3) is 0.0566. The van der Waals surface area contributed by atoms with Crippen LogP contribution in [0.1, 0.15) is 25.0 Å². The van der Waals surface area contributed by atoms with Gasteiger partial charge in [0.15, 0.2) is 0 Å². The summed E-state index contributed by atoms with van der Waals surface area (Å²) in [6.45, 7) is 4.76. The molecule has 0 atom stereocenters. The molecule has 11 rings (SSSR count). The van der Waals surface area contributed by atoms with Crippen molar-refractivity contribution in [2.24, 2.45) is 0 Å². The molecule has 248 valence electrons. The van der Waals surface area contributed by atoms with E-state index in [0.29, 0.717) is 0 Å². The number of fused-ring (bicyclic) bond motifs is 5. The summed E-state index contributed by atoms with van der Waals surface area (Å²) >= 11 is 0. The lowest BCUT2D eigenvalue weighted by Crippen LogP contribution is -2.15. The van der Waals surface area contributed by atoms with E-state index in [-0.39, 0.29) is 5.41 Å². The molecule has 0 aromatic heterocycles. The Morgan fingerprint density at radius 2 is 0.830 bits per heavy atom. The molecule has 0 radical (unpaired) electrons. The van der Waals surface area contributed by atoms with Crippen LogP contribution in [0.3, 0.4) is 0 Å². The average molecular weight is 673 g/mol. The Morgan fingerprint density at radius 1 is 0.302 bits per heavy atom. The quantitative estimate of drug-likeness (QED) is 0.163. The van der Waals surface area contributed by atoms with E-state index < -0.39 is 0 Å². The third kappa shape index (κ3) is 4.42. The van der Waals surface area contributed by atoms with Gasteiger partial charge in [0.05, 0.1) is 0 Å². The van der Waals surface area contributed by atoms with Crippen LogP contribution in [0.15, 0.2) is 182 Å². The molecule has 0 heterocycles. The van der Waals surface area contributed by atoms with Crippen LogP contribution in [0.4, 0.5) is 0 Å². The van der Waals surface area contributed by atoms with Crippen molar-refractivity contribution in [3.05, 3.63) is 193 Å². The van der Waals surface area contributed by atoms with Gasteiger partial charge < -0.3 is 0 Å². The molecule has 0 heteroatoms. The van der Waals surface area contributed by atoms with E-state index in [2.05, 4.69) is 196 Å². The van der Waals surface area contributed by atoms with E-state index in [1.165, 1.54) is 110 Å². The molecule has 0 fully saturated rings. The van der Waals surface area contributed by atoms with E-state index in [4.69, 9.17) is 0 Å². The smallest absolute Gasteiger partial charge is 0.0159 e. The van der Waals surface area contributed by atoms with Gasteiger partial charge in [-0.15, -0.1) is 0 Å². The zero-order valence-electron chi connectivity index (χ0n) is 29.8. The molecule has 10 aromatic rings. The van der Waals surface area contributed by atoms with E-state index in [1.54, 1.807) is 0 Å². The summed E-state index contributed by atoms with van der Waals surface area (Å²) in [6.07, 6.45) is 0. The summed E-state index contributed by atoms with van der Waals surface area (Å²) in [4.78, 5) is 0. The van der Waals surface area contributed by atoms with E-state index in [9.17, 15) is 0 Å². The normalized spacial score (nSPS) is 13.2. The molecule has 0 N–H and O–H groups in total. The van der Waals surface area contributed by atoms with Crippen molar-refractivity contribution in [3.8, 4) is 55.6 Å². The second-order valence-corrected chi connectivity index (χ2v) is 15.2. The molecule has 0 saturated heterocycles. The van der Waals surface area contributed by atoms with Crippen LogP contribution in [-0.4, -0.2) is 0 Å². The lowest BCUT2D eigenvalue weighted by atomic mass is 9.81. The van der Waals surface area contributed by atoms with Crippen LogP contribution in [-0.2, 0) is 5.41 Å². The lowest BCUT2D eigenvalue weighted by molar-refractivity contribution is 0.661. The van der Waals surface area contributed by atoms with Gasteiger partial charge in [-0.05, 0) is 122 Å². The minimum atomic E-state index is -0.0869. The molecule has 0 spiro atoms. The highest BCUT2D eigenvalue weighted by molar-refractivity contribution is 6.27. The monoisotopic (exact) mass is 672 g/mol. The fourth-order valence-corrected chi connectivity index (χ4v) is 9.44. The highest BCUT2D eigenvalue weighted by atomic mass is 14.4. The zero-order valence-corrected chi connectivity index (χ0v) is 29.8. The Kier molecular flexibility index (Phi) is 6.40. The Morgan fingerprint density at radius 3 is 1.55 bits per heavy atom. The maximum atomic E-state index is 2.46. The van der Waals surface area contributed by atoms with Gasteiger partial charge in [-0.25, -0.2) is 0 Å². The van der Waals surface area contributed by atoms with Crippen molar-refractivity contribution in [2.45, 2.75) is 19.3 Å². The Bertz CT molecular complexity index is 3070. The standard InChI is InChI=1S/C53H36/c1-53(2)48-30-24-34-13-6-7-18-44(34)52(48)47-29-23-39(32-49(47)53)41-17-9-8-16-40(41)37-14-10-15-38(31-37)43-26-20-36-21-27-45-42(33-11-4-3-5-12-33)25-19-35-22-28-46(43)51(36)50(35)45/h3-32H,1-2H3. The number of benzene rings is 10. The van der Waals surface area contributed by atoms with Crippen LogP contribution >= 0.6 is 0 Å². The topological polar surface area (TPSA) is 0 Å². The van der Waals surface area contributed by atoms with Crippen LogP contribution < -0.4 is 0 Å². The SMILES string of the molecule is CC1(C)c2cc(-c3ccccc3-c3cccc(-c4ccc5ccc6c(-c7ccccc7)ccc7ccc4c5c76)c3)ccc2-c2c1ccc1ccccc21. The molecule has 53 heavy (non-hydrogen) atoms. The van der Waals surface area contributed by atoms with Crippen LogP contribution in [0.2, 0.25) is 0 Å². The van der Waals surface area contributed by atoms with Crippen molar-refractivity contribution in [2.75, 3.05) is 0 Å². The molecule has 0 bridgehead atoms. The Balaban J connectivity index is 1.04. The van der Waals surface area contributed by atoms with Crippen molar-refractivity contribution in [1.29, 1.82) is 0 Å². The summed E-state index contributed by atoms with van der Waals surface area (Å²) in [6, 6.07) is 67.8. The van der Waals surface area contributed by atoms with E-state index >= 15 is 0 Å². The molecule has 1 aliphatic rings. The molecule has 0 nitrogen and oxygen atoms in total. The predicted molar refractivity (Wildman–Crippen MR) is 227 cm³/mol. The molecule has 1 aliphatic carbocycles. The van der Waals surface area contributed by atoms with Crippen LogP contribution in [0, 0.1) is 0 Å². The third-order valence-electron chi connectivity index (χ3n) is 12.0.